The summed E-state index contributed by atoms with van der Waals surface area (Å²) in [4.78, 5) is 15.9. The van der Waals surface area contributed by atoms with E-state index in [0.29, 0.717) is 18.5 Å². The maximum absolute atomic E-state index is 12.7. The molecule has 0 N–H and O–H groups in total. The number of carbonyl (C=O) groups excluding carboxylic acids is 1. The van der Waals surface area contributed by atoms with Gasteiger partial charge >= 0.3 is 0 Å². The van der Waals surface area contributed by atoms with Crippen LogP contribution in [0.5, 0.6) is 0 Å². The third-order valence-electron chi connectivity index (χ3n) is 3.21. The molecule has 0 aliphatic heterocycles. The number of alkyl halides is 2. The molecule has 1 amide bonds. The van der Waals surface area contributed by atoms with Crippen LogP contribution >= 0.6 is 23.1 Å². The van der Waals surface area contributed by atoms with Crippen molar-refractivity contribution in [1.29, 1.82) is 0 Å². The van der Waals surface area contributed by atoms with E-state index in [1.807, 2.05) is 36.6 Å². The molecule has 0 saturated heterocycles. The Labute approximate surface area is 143 Å². The summed E-state index contributed by atoms with van der Waals surface area (Å²) in [5.74, 6) is 0.450. The van der Waals surface area contributed by atoms with Gasteiger partial charge in [-0.3, -0.25) is 4.79 Å². The van der Waals surface area contributed by atoms with Crippen molar-refractivity contribution in [3.8, 4) is 0 Å². The summed E-state index contributed by atoms with van der Waals surface area (Å²) in [5.41, 5.74) is 0.503. The first-order valence-corrected chi connectivity index (χ1v) is 9.30. The Kier molecular flexibility index (Phi) is 7.05. The van der Waals surface area contributed by atoms with E-state index in [2.05, 4.69) is 0 Å². The van der Waals surface area contributed by atoms with Crippen molar-refractivity contribution < 1.29 is 13.6 Å². The van der Waals surface area contributed by atoms with E-state index >= 15 is 0 Å². The maximum atomic E-state index is 12.7. The van der Waals surface area contributed by atoms with E-state index in [1.165, 1.54) is 9.78 Å². The minimum absolute atomic E-state index is 0.318. The molecule has 0 aliphatic rings. The van der Waals surface area contributed by atoms with Crippen LogP contribution in [0.25, 0.3) is 0 Å². The molecule has 2 nitrogen and oxygen atoms in total. The zero-order chi connectivity index (χ0) is 16.7. The molecule has 1 heterocycles. The average Bonchev–Trinajstić information content (AvgIpc) is 3.05. The lowest BCUT2D eigenvalue weighted by Crippen LogP contribution is -2.36. The van der Waals surface area contributed by atoms with Gasteiger partial charge in [-0.25, -0.2) is 8.78 Å². The second-order valence-corrected chi connectivity index (χ2v) is 7.06. The van der Waals surface area contributed by atoms with Crippen molar-refractivity contribution in [2.75, 3.05) is 13.1 Å². The Bertz CT molecular complexity index is 617. The lowest BCUT2D eigenvalue weighted by Gasteiger charge is -2.22. The molecule has 1 aromatic carbocycles. The van der Waals surface area contributed by atoms with Crippen LogP contribution in [-0.2, 0) is 5.75 Å². The third-order valence-corrected chi connectivity index (χ3v) is 5.39. The van der Waals surface area contributed by atoms with Crippen LogP contribution in [0.3, 0.4) is 0 Å². The average molecular weight is 355 g/mol. The molecule has 6 heteroatoms. The van der Waals surface area contributed by atoms with E-state index < -0.39 is 13.0 Å². The predicted molar refractivity (Wildman–Crippen MR) is 92.5 cm³/mol. The highest BCUT2D eigenvalue weighted by molar-refractivity contribution is 7.98. The van der Waals surface area contributed by atoms with Crippen molar-refractivity contribution >= 4 is 29.0 Å². The zero-order valence-electron chi connectivity index (χ0n) is 12.9. The molecule has 0 aliphatic carbocycles. The van der Waals surface area contributed by atoms with E-state index in [1.54, 1.807) is 35.2 Å². The molecular weight excluding hydrogens is 336 g/mol. The minimum Gasteiger partial charge on any atom is -0.333 e. The third kappa shape index (κ3) is 5.32. The number of hydrogen-bond donors (Lipinski definition) is 0. The number of benzene rings is 1. The molecule has 0 unspecified atom stereocenters. The fraction of sp³-hybridized carbons (Fsp3) is 0.353. The highest BCUT2D eigenvalue weighted by atomic mass is 32.2. The zero-order valence-corrected chi connectivity index (χ0v) is 14.5. The number of hydrogen-bond acceptors (Lipinski definition) is 3. The minimum atomic E-state index is -2.52. The van der Waals surface area contributed by atoms with Crippen molar-refractivity contribution in [2.24, 2.45) is 0 Å². The maximum Gasteiger partial charge on any atom is 0.255 e. The van der Waals surface area contributed by atoms with Crippen molar-refractivity contribution in [3.05, 3.63) is 52.2 Å². The van der Waals surface area contributed by atoms with Crippen molar-refractivity contribution in [2.45, 2.75) is 30.4 Å². The lowest BCUT2D eigenvalue weighted by atomic mass is 10.2. The number of thiophene rings is 1. The summed E-state index contributed by atoms with van der Waals surface area (Å²) < 4.78 is 25.4. The van der Waals surface area contributed by atoms with Crippen LogP contribution in [0.2, 0.25) is 0 Å². The summed E-state index contributed by atoms with van der Waals surface area (Å²) in [6, 6.07) is 11.3. The van der Waals surface area contributed by atoms with Crippen molar-refractivity contribution in [3.63, 3.8) is 0 Å². The van der Waals surface area contributed by atoms with Crippen LogP contribution in [0.15, 0.2) is 46.7 Å². The summed E-state index contributed by atoms with van der Waals surface area (Å²) >= 11 is 3.23. The molecule has 0 bridgehead atoms. The van der Waals surface area contributed by atoms with Gasteiger partial charge in [0.25, 0.3) is 12.3 Å². The molecule has 0 atom stereocenters. The smallest absolute Gasteiger partial charge is 0.255 e. The summed E-state index contributed by atoms with van der Waals surface area (Å²) in [7, 11) is 0. The highest BCUT2D eigenvalue weighted by Crippen LogP contribution is 2.28. The molecule has 2 aromatic rings. The first kappa shape index (κ1) is 17.9. The van der Waals surface area contributed by atoms with Gasteiger partial charge in [0.1, 0.15) is 0 Å². The fourth-order valence-corrected chi connectivity index (χ4v) is 4.01. The summed E-state index contributed by atoms with van der Waals surface area (Å²) in [5, 5.41) is 2.01. The van der Waals surface area contributed by atoms with Crippen molar-refractivity contribution in [1.82, 2.24) is 4.90 Å². The molecule has 0 spiro atoms. The van der Waals surface area contributed by atoms with Crippen LogP contribution in [0, 0.1) is 0 Å². The molecule has 0 radical (unpaired) electrons. The number of carbonyl (C=O) groups is 1. The normalized spacial score (nSPS) is 11.0. The molecule has 1 aromatic heterocycles. The molecule has 2 rings (SSSR count). The van der Waals surface area contributed by atoms with Gasteiger partial charge in [0.05, 0.1) is 12.1 Å². The van der Waals surface area contributed by atoms with Crippen LogP contribution in [-0.4, -0.2) is 30.3 Å². The van der Waals surface area contributed by atoms with Crippen LogP contribution < -0.4 is 0 Å². The number of amides is 1. The Morgan fingerprint density at radius 3 is 2.70 bits per heavy atom. The van der Waals surface area contributed by atoms with E-state index in [0.717, 1.165) is 10.6 Å². The van der Waals surface area contributed by atoms with Gasteiger partial charge in [-0.1, -0.05) is 25.1 Å². The predicted octanol–water partition coefficient (Wildman–Crippen LogP) is 5.16. The van der Waals surface area contributed by atoms with Gasteiger partial charge in [0.2, 0.25) is 0 Å². The van der Waals surface area contributed by atoms with Gasteiger partial charge in [-0.05, 0) is 30.0 Å². The second kappa shape index (κ2) is 9.03. The second-order valence-electron chi connectivity index (χ2n) is 5.01. The van der Waals surface area contributed by atoms with E-state index in [4.69, 9.17) is 0 Å². The standard InChI is InChI=1S/C17H19F2NOS2/c1-2-9-20(11-16(18)19)17(21)14-7-3-4-8-15(14)23-12-13-6-5-10-22-13/h3-8,10,16H,2,9,11-12H2,1H3. The van der Waals surface area contributed by atoms with Crippen LogP contribution in [0.1, 0.15) is 28.6 Å². The first-order valence-electron chi connectivity index (χ1n) is 7.43. The van der Waals surface area contributed by atoms with Gasteiger partial charge < -0.3 is 4.90 Å². The molecule has 124 valence electrons. The first-order chi connectivity index (χ1) is 11.1. The number of thioether (sulfide) groups is 1. The quantitative estimate of drug-likeness (QED) is 0.610. The van der Waals surface area contributed by atoms with Gasteiger partial charge in [0, 0.05) is 22.1 Å². The largest absolute Gasteiger partial charge is 0.333 e. The molecule has 23 heavy (non-hydrogen) atoms. The monoisotopic (exact) mass is 355 g/mol. The Morgan fingerprint density at radius 2 is 2.04 bits per heavy atom. The Balaban J connectivity index is 2.15. The molecule has 0 saturated carbocycles. The Hall–Kier alpha value is -1.40. The Morgan fingerprint density at radius 1 is 1.26 bits per heavy atom. The molecule has 0 fully saturated rings. The van der Waals surface area contributed by atoms with E-state index in [9.17, 15) is 13.6 Å². The summed E-state index contributed by atoms with van der Waals surface area (Å²) in [6.45, 7) is 1.70. The van der Waals surface area contributed by atoms with Gasteiger partial charge in [-0.15, -0.1) is 23.1 Å². The van der Waals surface area contributed by atoms with Gasteiger partial charge in [-0.2, -0.15) is 0 Å². The SMILES string of the molecule is CCCN(CC(F)F)C(=O)c1ccccc1SCc1cccs1. The van der Waals surface area contributed by atoms with E-state index in [-0.39, 0.29) is 5.91 Å². The number of nitrogens with zero attached hydrogens (tertiary/aromatic N) is 1. The number of halogens is 2. The summed E-state index contributed by atoms with van der Waals surface area (Å²) in [6.07, 6.45) is -1.86. The topological polar surface area (TPSA) is 20.3 Å². The fourth-order valence-electron chi connectivity index (χ4n) is 2.20. The molecular formula is C17H19F2NOS2. The number of rotatable bonds is 8. The van der Waals surface area contributed by atoms with Crippen LogP contribution in [0.4, 0.5) is 8.78 Å². The van der Waals surface area contributed by atoms with Gasteiger partial charge in [0.15, 0.2) is 0 Å². The highest BCUT2D eigenvalue weighted by Gasteiger charge is 2.21. The lowest BCUT2D eigenvalue weighted by molar-refractivity contribution is 0.0552.